The number of amides is 2. The molecule has 3 atom stereocenters. The first-order valence-corrected chi connectivity index (χ1v) is 9.52. The molecule has 2 amide bonds. The lowest BCUT2D eigenvalue weighted by molar-refractivity contribution is 0.0180. The number of rotatable bonds is 5. The van der Waals surface area contributed by atoms with Gasteiger partial charge in [-0.25, -0.2) is 4.79 Å². The monoisotopic (exact) mass is 345 g/mol. The summed E-state index contributed by atoms with van der Waals surface area (Å²) in [6.07, 6.45) is 5.98. The third-order valence-corrected chi connectivity index (χ3v) is 5.36. The van der Waals surface area contributed by atoms with Gasteiger partial charge < -0.3 is 15.4 Å². The molecule has 2 aliphatic rings. The molecule has 5 heteroatoms. The minimum atomic E-state index is -0.117. The van der Waals surface area contributed by atoms with E-state index in [0.29, 0.717) is 18.0 Å². The summed E-state index contributed by atoms with van der Waals surface area (Å²) in [6, 6.07) is 8.85. The van der Waals surface area contributed by atoms with E-state index in [1.807, 2.05) is 24.3 Å². The van der Waals surface area contributed by atoms with Gasteiger partial charge in [-0.05, 0) is 43.7 Å². The lowest BCUT2D eigenvalue weighted by atomic mass is 9.81. The summed E-state index contributed by atoms with van der Waals surface area (Å²) in [5.41, 5.74) is 0.759. The van der Waals surface area contributed by atoms with Crippen LogP contribution in [0.3, 0.4) is 0 Å². The van der Waals surface area contributed by atoms with Gasteiger partial charge in [-0.3, -0.25) is 4.90 Å². The molecule has 0 aromatic heterocycles. The van der Waals surface area contributed by atoms with Crippen molar-refractivity contribution in [3.63, 3.8) is 0 Å². The fourth-order valence-electron chi connectivity index (χ4n) is 4.37. The van der Waals surface area contributed by atoms with Crippen molar-refractivity contribution in [1.29, 1.82) is 0 Å². The highest BCUT2D eigenvalue weighted by atomic mass is 16.5. The van der Waals surface area contributed by atoms with Crippen LogP contribution in [0.15, 0.2) is 24.3 Å². The maximum Gasteiger partial charge on any atom is 0.319 e. The van der Waals surface area contributed by atoms with E-state index in [1.54, 1.807) is 7.11 Å². The van der Waals surface area contributed by atoms with Gasteiger partial charge in [0.1, 0.15) is 5.75 Å². The first-order valence-electron chi connectivity index (χ1n) is 9.52. The summed E-state index contributed by atoms with van der Waals surface area (Å²) in [5.74, 6) is 1.44. The third kappa shape index (κ3) is 4.66. The highest BCUT2D eigenvalue weighted by molar-refractivity contribution is 5.89. The molecule has 5 nitrogen and oxygen atoms in total. The molecular formula is C20H31N3O2. The van der Waals surface area contributed by atoms with Crippen molar-refractivity contribution in [2.75, 3.05) is 19.0 Å². The highest BCUT2D eigenvalue weighted by Crippen LogP contribution is 2.34. The number of urea groups is 1. The second kappa shape index (κ2) is 8.09. The zero-order valence-electron chi connectivity index (χ0n) is 15.6. The molecule has 2 heterocycles. The predicted molar refractivity (Wildman–Crippen MR) is 101 cm³/mol. The van der Waals surface area contributed by atoms with E-state index in [-0.39, 0.29) is 12.1 Å². The Bertz CT molecular complexity index is 576. The Morgan fingerprint density at radius 1 is 1.28 bits per heavy atom. The third-order valence-electron chi connectivity index (χ3n) is 5.36. The number of benzene rings is 1. The summed E-state index contributed by atoms with van der Waals surface area (Å²) in [6.45, 7) is 5.77. The second-order valence-corrected chi connectivity index (χ2v) is 7.83. The molecule has 25 heavy (non-hydrogen) atoms. The van der Waals surface area contributed by atoms with Crippen molar-refractivity contribution in [1.82, 2.24) is 10.2 Å². The largest absolute Gasteiger partial charge is 0.497 e. The predicted octanol–water partition coefficient (Wildman–Crippen LogP) is 3.86. The molecule has 0 radical (unpaired) electrons. The molecule has 138 valence electrons. The number of carbonyl (C=O) groups excluding carboxylic acids is 1. The molecule has 1 aromatic carbocycles. The lowest BCUT2D eigenvalue weighted by Gasteiger charge is -2.49. The van der Waals surface area contributed by atoms with Crippen LogP contribution in [0.25, 0.3) is 0 Å². The number of carbonyl (C=O) groups is 1. The van der Waals surface area contributed by atoms with Crippen LogP contribution in [0.5, 0.6) is 5.75 Å². The maximum absolute atomic E-state index is 12.4. The first kappa shape index (κ1) is 18.1. The molecule has 0 spiro atoms. The average molecular weight is 345 g/mol. The number of ether oxygens (including phenoxy) is 1. The summed E-state index contributed by atoms with van der Waals surface area (Å²) in [5, 5.41) is 6.12. The van der Waals surface area contributed by atoms with Crippen LogP contribution in [0.2, 0.25) is 0 Å². The van der Waals surface area contributed by atoms with E-state index in [4.69, 9.17) is 4.74 Å². The lowest BCUT2D eigenvalue weighted by Crippen LogP contribution is -2.58. The van der Waals surface area contributed by atoms with Crippen LogP contribution in [-0.4, -0.2) is 42.7 Å². The van der Waals surface area contributed by atoms with Gasteiger partial charge in [-0.1, -0.05) is 26.3 Å². The fraction of sp³-hybridized carbons (Fsp3) is 0.650. The van der Waals surface area contributed by atoms with Gasteiger partial charge in [0.05, 0.1) is 7.11 Å². The van der Waals surface area contributed by atoms with Gasteiger partial charge in [0.15, 0.2) is 0 Å². The van der Waals surface area contributed by atoms with Gasteiger partial charge in [0.25, 0.3) is 0 Å². The van der Waals surface area contributed by atoms with Crippen molar-refractivity contribution in [2.24, 2.45) is 5.92 Å². The van der Waals surface area contributed by atoms with Gasteiger partial charge in [-0.15, -0.1) is 0 Å². The topological polar surface area (TPSA) is 53.6 Å². The van der Waals surface area contributed by atoms with Gasteiger partial charge in [0.2, 0.25) is 0 Å². The SMILES string of the molecule is COc1cccc(NC(=O)NC2C[C@H]3CCC[C@@H](C2)N3CC(C)C)c1. The summed E-state index contributed by atoms with van der Waals surface area (Å²) in [7, 11) is 1.63. The Hall–Kier alpha value is -1.75. The molecule has 3 rings (SSSR count). The van der Waals surface area contributed by atoms with Crippen molar-refractivity contribution >= 4 is 11.7 Å². The normalized spacial score (nSPS) is 26.3. The van der Waals surface area contributed by atoms with Gasteiger partial charge in [-0.2, -0.15) is 0 Å². The molecule has 2 N–H and O–H groups in total. The summed E-state index contributed by atoms with van der Waals surface area (Å²) >= 11 is 0. The highest BCUT2D eigenvalue weighted by Gasteiger charge is 2.38. The number of anilines is 1. The zero-order valence-corrected chi connectivity index (χ0v) is 15.6. The Morgan fingerprint density at radius 3 is 2.64 bits per heavy atom. The van der Waals surface area contributed by atoms with Gasteiger partial charge in [0, 0.05) is 36.4 Å². The standard InChI is InChI=1S/C20H31N3O2/c1-14(2)13-23-17-7-5-8-18(23)11-16(10-17)22-20(24)21-15-6-4-9-19(12-15)25-3/h4,6,9,12,14,16-18H,5,7-8,10-11,13H2,1-3H3,(H2,21,22,24)/t16?,17-,18+. The molecular weight excluding hydrogens is 314 g/mol. The molecule has 2 aliphatic heterocycles. The van der Waals surface area contributed by atoms with Crippen LogP contribution >= 0.6 is 0 Å². The number of hydrogen-bond acceptors (Lipinski definition) is 3. The van der Waals surface area contributed by atoms with Crippen LogP contribution in [-0.2, 0) is 0 Å². The first-order chi connectivity index (χ1) is 12.0. The number of fused-ring (bicyclic) bond motifs is 2. The number of nitrogens with one attached hydrogen (secondary N) is 2. The Morgan fingerprint density at radius 2 is 2.00 bits per heavy atom. The summed E-state index contributed by atoms with van der Waals surface area (Å²) < 4.78 is 5.20. The molecule has 0 saturated carbocycles. The van der Waals surface area contributed by atoms with E-state index in [1.165, 1.54) is 25.8 Å². The Balaban J connectivity index is 1.56. The smallest absolute Gasteiger partial charge is 0.319 e. The molecule has 2 bridgehead atoms. The van der Waals surface area contributed by atoms with E-state index >= 15 is 0 Å². The number of nitrogens with zero attached hydrogens (tertiary/aromatic N) is 1. The molecule has 0 aliphatic carbocycles. The van der Waals surface area contributed by atoms with E-state index in [0.717, 1.165) is 24.3 Å². The molecule has 2 saturated heterocycles. The minimum absolute atomic E-state index is 0.117. The number of piperidine rings is 2. The second-order valence-electron chi connectivity index (χ2n) is 7.83. The summed E-state index contributed by atoms with van der Waals surface area (Å²) in [4.78, 5) is 15.1. The maximum atomic E-state index is 12.4. The van der Waals surface area contributed by atoms with Crippen LogP contribution in [0, 0.1) is 5.92 Å². The van der Waals surface area contributed by atoms with E-state index in [9.17, 15) is 4.79 Å². The fourth-order valence-corrected chi connectivity index (χ4v) is 4.37. The number of methoxy groups -OCH3 is 1. The van der Waals surface area contributed by atoms with Crippen molar-refractivity contribution in [3.05, 3.63) is 24.3 Å². The number of hydrogen-bond donors (Lipinski definition) is 2. The Kier molecular flexibility index (Phi) is 5.84. The Labute approximate surface area is 151 Å². The molecule has 2 fully saturated rings. The zero-order chi connectivity index (χ0) is 17.8. The van der Waals surface area contributed by atoms with E-state index in [2.05, 4.69) is 29.4 Å². The molecule has 1 aromatic rings. The van der Waals surface area contributed by atoms with Crippen molar-refractivity contribution < 1.29 is 9.53 Å². The van der Waals surface area contributed by atoms with Crippen molar-refractivity contribution in [2.45, 2.75) is 64.1 Å². The van der Waals surface area contributed by atoms with Gasteiger partial charge >= 0.3 is 6.03 Å². The van der Waals surface area contributed by atoms with Crippen LogP contribution in [0.4, 0.5) is 10.5 Å². The van der Waals surface area contributed by atoms with Crippen LogP contribution < -0.4 is 15.4 Å². The quantitative estimate of drug-likeness (QED) is 0.852. The average Bonchev–Trinajstić information content (AvgIpc) is 2.55. The molecule has 1 unspecified atom stereocenters. The minimum Gasteiger partial charge on any atom is -0.497 e. The van der Waals surface area contributed by atoms with Crippen LogP contribution in [0.1, 0.15) is 46.0 Å². The van der Waals surface area contributed by atoms with Crippen molar-refractivity contribution in [3.8, 4) is 5.75 Å². The van der Waals surface area contributed by atoms with E-state index < -0.39 is 0 Å².